The predicted octanol–water partition coefficient (Wildman–Crippen LogP) is 5.19. The van der Waals surface area contributed by atoms with Gasteiger partial charge in [-0.15, -0.1) is 5.10 Å². The SMILES string of the molecule is Fc1ccc(C(Cn2cnnn2)C(F)(F)c2ccc(-c3cccc(OC(F)F)c3)cn2)c(F)c1. The van der Waals surface area contributed by atoms with Crippen molar-refractivity contribution in [3.8, 4) is 16.9 Å². The third-order valence-electron chi connectivity index (χ3n) is 5.03. The summed E-state index contributed by atoms with van der Waals surface area (Å²) in [4.78, 5) is 3.84. The third-order valence-corrected chi connectivity index (χ3v) is 5.03. The fourth-order valence-corrected chi connectivity index (χ4v) is 3.44. The lowest BCUT2D eigenvalue weighted by molar-refractivity contribution is -0.0498. The van der Waals surface area contributed by atoms with Crippen molar-refractivity contribution in [2.45, 2.75) is 25.0 Å². The zero-order chi connectivity index (χ0) is 24.3. The second-order valence-electron chi connectivity index (χ2n) is 7.21. The molecule has 176 valence electrons. The van der Waals surface area contributed by atoms with Crippen molar-refractivity contribution in [2.24, 2.45) is 0 Å². The molecule has 0 radical (unpaired) electrons. The first-order valence-corrected chi connectivity index (χ1v) is 9.79. The van der Waals surface area contributed by atoms with E-state index in [4.69, 9.17) is 0 Å². The van der Waals surface area contributed by atoms with Crippen LogP contribution in [0.25, 0.3) is 11.1 Å². The van der Waals surface area contributed by atoms with Crippen molar-refractivity contribution in [3.63, 3.8) is 0 Å². The number of hydrogen-bond donors (Lipinski definition) is 0. The number of pyridine rings is 1. The monoisotopic (exact) mass is 479 g/mol. The van der Waals surface area contributed by atoms with Gasteiger partial charge in [0.2, 0.25) is 0 Å². The maximum Gasteiger partial charge on any atom is 0.387 e. The Morgan fingerprint density at radius 1 is 0.971 bits per heavy atom. The maximum absolute atomic E-state index is 15.6. The summed E-state index contributed by atoms with van der Waals surface area (Å²) in [7, 11) is 0. The van der Waals surface area contributed by atoms with Gasteiger partial charge >= 0.3 is 6.61 Å². The van der Waals surface area contributed by atoms with E-state index in [0.29, 0.717) is 17.2 Å². The van der Waals surface area contributed by atoms with Gasteiger partial charge < -0.3 is 4.74 Å². The van der Waals surface area contributed by atoms with E-state index in [9.17, 15) is 17.6 Å². The molecule has 0 aliphatic carbocycles. The molecule has 0 spiro atoms. The van der Waals surface area contributed by atoms with Crippen molar-refractivity contribution in [3.05, 3.63) is 90.0 Å². The lowest BCUT2D eigenvalue weighted by Gasteiger charge is -2.27. The number of benzene rings is 2. The quantitative estimate of drug-likeness (QED) is 0.326. The minimum absolute atomic E-state index is 0.102. The van der Waals surface area contributed by atoms with Crippen molar-refractivity contribution < 1.29 is 31.1 Å². The Balaban J connectivity index is 1.68. The zero-order valence-electron chi connectivity index (χ0n) is 17.1. The van der Waals surface area contributed by atoms with Crippen molar-refractivity contribution in [1.82, 2.24) is 25.2 Å². The van der Waals surface area contributed by atoms with E-state index in [-0.39, 0.29) is 5.75 Å². The molecule has 2 heterocycles. The Hall–Kier alpha value is -3.96. The van der Waals surface area contributed by atoms with Crippen LogP contribution in [0.1, 0.15) is 17.2 Å². The molecule has 12 heteroatoms. The molecule has 0 fully saturated rings. The molecule has 0 amide bonds. The van der Waals surface area contributed by atoms with Gasteiger partial charge in [-0.3, -0.25) is 4.98 Å². The number of aromatic nitrogens is 5. The second-order valence-corrected chi connectivity index (χ2v) is 7.21. The highest BCUT2D eigenvalue weighted by atomic mass is 19.3. The maximum atomic E-state index is 15.6. The van der Waals surface area contributed by atoms with Crippen LogP contribution in [0.2, 0.25) is 0 Å². The standard InChI is InChI=1S/C22H15F6N5O/c23-15-5-6-17(19(24)9-15)18(11-33-12-30-31-32-33)22(27,28)20-7-4-14(10-29-20)13-2-1-3-16(8-13)34-21(25)26/h1-10,12,18,21H,11H2. The van der Waals surface area contributed by atoms with Crippen LogP contribution in [-0.2, 0) is 12.5 Å². The highest BCUT2D eigenvalue weighted by Gasteiger charge is 2.45. The van der Waals surface area contributed by atoms with E-state index in [1.807, 2.05) is 0 Å². The number of halogens is 6. The van der Waals surface area contributed by atoms with Gasteiger partial charge in [-0.1, -0.05) is 24.3 Å². The summed E-state index contributed by atoms with van der Waals surface area (Å²) < 4.78 is 89.4. The van der Waals surface area contributed by atoms with Gasteiger partial charge in [-0.05, 0) is 45.8 Å². The molecule has 0 aliphatic heterocycles. The molecule has 4 aromatic rings. The molecule has 0 saturated carbocycles. The Morgan fingerprint density at radius 2 is 1.79 bits per heavy atom. The normalized spacial score (nSPS) is 12.7. The van der Waals surface area contributed by atoms with Crippen molar-refractivity contribution in [1.29, 1.82) is 0 Å². The van der Waals surface area contributed by atoms with Crippen molar-refractivity contribution >= 4 is 0 Å². The number of tetrazole rings is 1. The molecule has 2 aromatic heterocycles. The topological polar surface area (TPSA) is 65.7 Å². The van der Waals surface area contributed by atoms with E-state index in [1.54, 1.807) is 6.07 Å². The van der Waals surface area contributed by atoms with Crippen LogP contribution >= 0.6 is 0 Å². The van der Waals surface area contributed by atoms with Gasteiger partial charge in [0.25, 0.3) is 5.92 Å². The first-order valence-electron chi connectivity index (χ1n) is 9.79. The van der Waals surface area contributed by atoms with Crippen LogP contribution in [0.4, 0.5) is 26.3 Å². The van der Waals surface area contributed by atoms with E-state index < -0.39 is 47.9 Å². The molecule has 0 saturated heterocycles. The summed E-state index contributed by atoms with van der Waals surface area (Å²) in [5.41, 5.74) is -0.345. The highest BCUT2D eigenvalue weighted by Crippen LogP contribution is 2.43. The smallest absolute Gasteiger partial charge is 0.387 e. The average molecular weight is 479 g/mol. The van der Waals surface area contributed by atoms with Gasteiger partial charge in [0, 0.05) is 17.8 Å². The second kappa shape index (κ2) is 9.49. The number of alkyl halides is 4. The van der Waals surface area contributed by atoms with E-state index in [1.165, 1.54) is 24.3 Å². The van der Waals surface area contributed by atoms with E-state index >= 15 is 8.78 Å². The zero-order valence-corrected chi connectivity index (χ0v) is 17.1. The first kappa shape index (κ1) is 23.2. The third kappa shape index (κ3) is 5.00. The minimum Gasteiger partial charge on any atom is -0.435 e. The van der Waals surface area contributed by atoms with Crippen LogP contribution in [0.15, 0.2) is 67.1 Å². The average Bonchev–Trinajstić information content (AvgIpc) is 3.31. The first-order chi connectivity index (χ1) is 16.2. The van der Waals surface area contributed by atoms with Gasteiger partial charge in [0.1, 0.15) is 29.4 Å². The van der Waals surface area contributed by atoms with Gasteiger partial charge in [-0.2, -0.15) is 17.6 Å². The Bertz CT molecular complexity index is 1250. The summed E-state index contributed by atoms with van der Waals surface area (Å²) >= 11 is 0. The molecule has 1 unspecified atom stereocenters. The minimum atomic E-state index is -3.72. The summed E-state index contributed by atoms with van der Waals surface area (Å²) in [6, 6.07) is 10.4. The Morgan fingerprint density at radius 3 is 2.44 bits per heavy atom. The summed E-state index contributed by atoms with van der Waals surface area (Å²) in [5.74, 6) is -7.70. The summed E-state index contributed by atoms with van der Waals surface area (Å²) in [6.07, 6.45) is 2.23. The van der Waals surface area contributed by atoms with Crippen LogP contribution in [0.3, 0.4) is 0 Å². The van der Waals surface area contributed by atoms with Crippen LogP contribution in [0.5, 0.6) is 5.75 Å². The predicted molar refractivity (Wildman–Crippen MR) is 107 cm³/mol. The lowest BCUT2D eigenvalue weighted by Crippen LogP contribution is -2.30. The van der Waals surface area contributed by atoms with E-state index in [0.717, 1.165) is 35.4 Å². The van der Waals surface area contributed by atoms with E-state index in [2.05, 4.69) is 25.2 Å². The fraction of sp³-hybridized carbons (Fsp3) is 0.182. The molecule has 34 heavy (non-hydrogen) atoms. The number of rotatable bonds is 8. The number of nitrogens with zero attached hydrogens (tertiary/aromatic N) is 5. The molecule has 2 aromatic carbocycles. The number of ether oxygens (including phenoxy) is 1. The molecule has 4 rings (SSSR count). The molecule has 1 atom stereocenters. The van der Waals surface area contributed by atoms with Gasteiger partial charge in [0.15, 0.2) is 0 Å². The number of hydrogen-bond acceptors (Lipinski definition) is 5. The highest BCUT2D eigenvalue weighted by molar-refractivity contribution is 5.64. The van der Waals surface area contributed by atoms with Gasteiger partial charge in [0.05, 0.1) is 12.5 Å². The van der Waals surface area contributed by atoms with Crippen LogP contribution < -0.4 is 4.74 Å². The molecule has 0 bridgehead atoms. The molecule has 6 nitrogen and oxygen atoms in total. The largest absolute Gasteiger partial charge is 0.435 e. The summed E-state index contributed by atoms with van der Waals surface area (Å²) in [6.45, 7) is -3.53. The van der Waals surface area contributed by atoms with Crippen LogP contribution in [0, 0.1) is 11.6 Å². The summed E-state index contributed by atoms with van der Waals surface area (Å²) in [5, 5.41) is 10.3. The molecular weight excluding hydrogens is 464 g/mol. The fourth-order valence-electron chi connectivity index (χ4n) is 3.44. The lowest BCUT2D eigenvalue weighted by atomic mass is 9.89. The Labute approximate surface area is 188 Å². The molecular formula is C22H15F6N5O. The molecule has 0 aliphatic rings. The Kier molecular flexibility index (Phi) is 6.48. The molecule has 0 N–H and O–H groups in total. The van der Waals surface area contributed by atoms with Crippen molar-refractivity contribution in [2.75, 3.05) is 0 Å². The van der Waals surface area contributed by atoms with Gasteiger partial charge in [-0.25, -0.2) is 13.5 Å². The van der Waals surface area contributed by atoms with Crippen LogP contribution in [-0.4, -0.2) is 31.8 Å².